The van der Waals surface area contributed by atoms with Gasteiger partial charge in [0.1, 0.15) is 5.75 Å². The maximum Gasteiger partial charge on any atom is 0.223 e. The Morgan fingerprint density at radius 2 is 1.76 bits per heavy atom. The van der Waals surface area contributed by atoms with Crippen molar-refractivity contribution in [3.63, 3.8) is 0 Å². The molecule has 2 aromatic carbocycles. The molecule has 3 rings (SSSR count). The minimum atomic E-state index is 0.0828. The van der Waals surface area contributed by atoms with Crippen LogP contribution in [0.1, 0.15) is 5.69 Å². The third-order valence-corrected chi connectivity index (χ3v) is 3.69. The van der Waals surface area contributed by atoms with Gasteiger partial charge in [0.05, 0.1) is 16.2 Å². The predicted octanol–water partition coefficient (Wildman–Crippen LogP) is 4.01. The number of rotatable bonds is 2. The Morgan fingerprint density at radius 3 is 2.48 bits per heavy atom. The largest absolute Gasteiger partial charge is 0.506 e. The van der Waals surface area contributed by atoms with Crippen LogP contribution in [0.25, 0.3) is 22.0 Å². The molecule has 0 fully saturated rings. The van der Waals surface area contributed by atoms with E-state index >= 15 is 0 Å². The van der Waals surface area contributed by atoms with Gasteiger partial charge in [0.25, 0.3) is 0 Å². The van der Waals surface area contributed by atoms with Gasteiger partial charge < -0.3 is 10.4 Å². The fourth-order valence-corrected chi connectivity index (χ4v) is 2.44. The normalized spacial score (nSPS) is 10.8. The van der Waals surface area contributed by atoms with E-state index in [1.54, 1.807) is 19.2 Å². The lowest BCUT2D eigenvalue weighted by molar-refractivity contribution is 0.475. The van der Waals surface area contributed by atoms with E-state index in [4.69, 9.17) is 11.6 Å². The van der Waals surface area contributed by atoms with Gasteiger partial charge in [-0.15, -0.1) is 0 Å². The van der Waals surface area contributed by atoms with Gasteiger partial charge in [-0.25, -0.2) is 9.97 Å². The molecule has 0 bridgehead atoms. The van der Waals surface area contributed by atoms with Crippen LogP contribution >= 0.6 is 11.6 Å². The van der Waals surface area contributed by atoms with E-state index in [0.29, 0.717) is 11.0 Å². The lowest BCUT2D eigenvalue weighted by Crippen LogP contribution is -1.98. The summed E-state index contributed by atoms with van der Waals surface area (Å²) in [5, 5.41) is 13.8. The van der Waals surface area contributed by atoms with Crippen molar-refractivity contribution in [3.8, 4) is 16.9 Å². The van der Waals surface area contributed by atoms with E-state index in [9.17, 15) is 5.11 Å². The van der Waals surface area contributed by atoms with Crippen LogP contribution in [0, 0.1) is 6.92 Å². The Labute approximate surface area is 127 Å². The number of hydrogen-bond donors (Lipinski definition) is 2. The first kappa shape index (κ1) is 13.6. The van der Waals surface area contributed by atoms with Crippen LogP contribution in [0.5, 0.6) is 5.75 Å². The second-order valence-electron chi connectivity index (χ2n) is 4.78. The van der Waals surface area contributed by atoms with Gasteiger partial charge in [-0.05, 0) is 42.3 Å². The lowest BCUT2D eigenvalue weighted by Gasteiger charge is -2.08. The monoisotopic (exact) mass is 299 g/mol. The maximum atomic E-state index is 9.51. The van der Waals surface area contributed by atoms with Crippen LogP contribution in [0.4, 0.5) is 5.95 Å². The Kier molecular flexibility index (Phi) is 3.39. The van der Waals surface area contributed by atoms with Crippen LogP contribution in [0.3, 0.4) is 0 Å². The predicted molar refractivity (Wildman–Crippen MR) is 85.9 cm³/mol. The van der Waals surface area contributed by atoms with E-state index in [0.717, 1.165) is 27.7 Å². The van der Waals surface area contributed by atoms with Crippen molar-refractivity contribution in [1.82, 2.24) is 9.97 Å². The first-order valence-corrected chi connectivity index (χ1v) is 6.91. The average Bonchev–Trinajstić information content (AvgIpc) is 2.49. The summed E-state index contributed by atoms with van der Waals surface area (Å²) in [5.74, 6) is 0.694. The second-order valence-corrected chi connectivity index (χ2v) is 5.19. The molecule has 106 valence electrons. The highest BCUT2D eigenvalue weighted by Crippen LogP contribution is 2.31. The average molecular weight is 300 g/mol. The summed E-state index contributed by atoms with van der Waals surface area (Å²) < 4.78 is 0. The fourth-order valence-electron chi connectivity index (χ4n) is 2.26. The molecule has 0 amide bonds. The van der Waals surface area contributed by atoms with Crippen molar-refractivity contribution in [2.24, 2.45) is 0 Å². The summed E-state index contributed by atoms with van der Waals surface area (Å²) in [5.41, 5.74) is 3.75. The van der Waals surface area contributed by atoms with E-state index in [1.165, 1.54) is 0 Å². The number of aromatic hydroxyl groups is 1. The third-order valence-electron chi connectivity index (χ3n) is 3.39. The van der Waals surface area contributed by atoms with Crippen LogP contribution in [-0.2, 0) is 0 Å². The summed E-state index contributed by atoms with van der Waals surface area (Å²) in [6, 6.07) is 11.1. The van der Waals surface area contributed by atoms with Gasteiger partial charge in [0.15, 0.2) is 0 Å². The molecule has 0 radical (unpaired) electrons. The molecule has 3 aromatic rings. The minimum absolute atomic E-state index is 0.0828. The third kappa shape index (κ3) is 2.50. The number of aryl methyl sites for hydroxylation is 1. The molecule has 0 aliphatic heterocycles. The summed E-state index contributed by atoms with van der Waals surface area (Å²) >= 11 is 5.97. The van der Waals surface area contributed by atoms with Gasteiger partial charge in [-0.1, -0.05) is 23.7 Å². The van der Waals surface area contributed by atoms with E-state index in [2.05, 4.69) is 15.3 Å². The van der Waals surface area contributed by atoms with Crippen molar-refractivity contribution in [2.75, 3.05) is 12.4 Å². The zero-order chi connectivity index (χ0) is 15.0. The van der Waals surface area contributed by atoms with Crippen molar-refractivity contribution >= 4 is 28.5 Å². The molecule has 5 heteroatoms. The number of phenolic OH excluding ortho intramolecular Hbond substituents is 1. The first-order chi connectivity index (χ1) is 10.1. The van der Waals surface area contributed by atoms with Crippen molar-refractivity contribution in [2.45, 2.75) is 6.92 Å². The molecule has 4 nitrogen and oxygen atoms in total. The SMILES string of the molecule is CNc1nc(C)c2cc(-c3ccc(O)c(Cl)c3)ccc2n1. The van der Waals surface area contributed by atoms with Crippen molar-refractivity contribution in [3.05, 3.63) is 47.1 Å². The smallest absolute Gasteiger partial charge is 0.223 e. The van der Waals surface area contributed by atoms with Crippen molar-refractivity contribution < 1.29 is 5.11 Å². The number of nitrogens with one attached hydrogen (secondary N) is 1. The van der Waals surface area contributed by atoms with Gasteiger partial charge >= 0.3 is 0 Å². The molecule has 2 N–H and O–H groups in total. The van der Waals surface area contributed by atoms with Crippen LogP contribution in [0.15, 0.2) is 36.4 Å². The van der Waals surface area contributed by atoms with E-state index in [-0.39, 0.29) is 5.75 Å². The van der Waals surface area contributed by atoms with Gasteiger partial charge in [0.2, 0.25) is 5.95 Å². The van der Waals surface area contributed by atoms with Gasteiger partial charge in [-0.2, -0.15) is 0 Å². The highest BCUT2D eigenvalue weighted by molar-refractivity contribution is 6.32. The molecule has 0 unspecified atom stereocenters. The van der Waals surface area contributed by atoms with E-state index < -0.39 is 0 Å². The first-order valence-electron chi connectivity index (χ1n) is 6.53. The summed E-state index contributed by atoms with van der Waals surface area (Å²) in [6.45, 7) is 1.96. The zero-order valence-corrected chi connectivity index (χ0v) is 12.4. The second kappa shape index (κ2) is 5.22. The molecular weight excluding hydrogens is 286 g/mol. The number of hydrogen-bond acceptors (Lipinski definition) is 4. The molecule has 21 heavy (non-hydrogen) atoms. The molecule has 0 aliphatic carbocycles. The van der Waals surface area contributed by atoms with Crippen LogP contribution < -0.4 is 5.32 Å². The highest BCUT2D eigenvalue weighted by atomic mass is 35.5. The molecule has 0 atom stereocenters. The number of fused-ring (bicyclic) bond motifs is 1. The van der Waals surface area contributed by atoms with Gasteiger partial charge in [0, 0.05) is 12.4 Å². The highest BCUT2D eigenvalue weighted by Gasteiger charge is 2.07. The molecule has 0 aliphatic rings. The van der Waals surface area contributed by atoms with E-state index in [1.807, 2.05) is 31.2 Å². The number of phenols is 1. The Hall–Kier alpha value is -2.33. The number of nitrogens with zero attached hydrogens (tertiary/aromatic N) is 2. The molecular formula is C16H14ClN3O. The summed E-state index contributed by atoms with van der Waals surface area (Å²) in [7, 11) is 1.80. The number of halogens is 1. The quantitative estimate of drug-likeness (QED) is 0.751. The summed E-state index contributed by atoms with van der Waals surface area (Å²) in [4.78, 5) is 8.83. The standard InChI is InChI=1S/C16H14ClN3O/c1-9-12-7-10(11-4-6-15(21)13(17)8-11)3-5-14(12)20-16(18-2)19-9/h3-8,21H,1-2H3,(H,18,19,20). The fraction of sp³-hybridized carbons (Fsp3) is 0.125. The minimum Gasteiger partial charge on any atom is -0.506 e. The zero-order valence-electron chi connectivity index (χ0n) is 11.7. The molecule has 1 aromatic heterocycles. The van der Waals surface area contributed by atoms with Crippen LogP contribution in [0.2, 0.25) is 5.02 Å². The molecule has 0 spiro atoms. The lowest BCUT2D eigenvalue weighted by atomic mass is 10.0. The van der Waals surface area contributed by atoms with Crippen molar-refractivity contribution in [1.29, 1.82) is 0 Å². The van der Waals surface area contributed by atoms with Gasteiger partial charge in [-0.3, -0.25) is 0 Å². The number of benzene rings is 2. The topological polar surface area (TPSA) is 58.0 Å². The Balaban J connectivity index is 2.16. The number of anilines is 1. The van der Waals surface area contributed by atoms with Crippen LogP contribution in [-0.4, -0.2) is 22.1 Å². The Bertz CT molecular complexity index is 833. The molecule has 0 saturated carbocycles. The number of aromatic nitrogens is 2. The molecule has 1 heterocycles. The Morgan fingerprint density at radius 1 is 1.05 bits per heavy atom. The summed E-state index contributed by atoms with van der Waals surface area (Å²) in [6.07, 6.45) is 0. The molecule has 0 saturated heterocycles. The maximum absolute atomic E-state index is 9.51.